The Hall–Kier alpha value is -0.470. The van der Waals surface area contributed by atoms with Gasteiger partial charge in [-0.05, 0) is 0 Å². The highest BCUT2D eigenvalue weighted by atomic mass is 33.2. The first-order chi connectivity index (χ1) is 4.01. The summed E-state index contributed by atoms with van der Waals surface area (Å²) in [6, 6.07) is -0.935. The largest absolute Gasteiger partial charge is 0.366 e. The summed E-state index contributed by atoms with van der Waals surface area (Å²) in [5, 5.41) is 0. The zero-order valence-corrected chi connectivity index (χ0v) is 5.61. The summed E-state index contributed by atoms with van der Waals surface area (Å²) in [7, 11) is -3.29. The number of carbonyl (C=O) groups excluding carboxylic acids is 1. The van der Waals surface area contributed by atoms with E-state index >= 15 is 0 Å². The maximum Gasteiger partial charge on any atom is 0.366 e. The summed E-state index contributed by atoms with van der Waals surface area (Å²) in [6.45, 7) is 0. The minimum Gasteiger partial charge on any atom is -0.349 e. The van der Waals surface area contributed by atoms with Crippen molar-refractivity contribution in [3.05, 3.63) is 0 Å². The van der Waals surface area contributed by atoms with Crippen molar-refractivity contribution in [2.45, 2.75) is 0 Å². The van der Waals surface area contributed by atoms with Crippen LogP contribution in [0.5, 0.6) is 0 Å². The third kappa shape index (κ3) is 1.26. The average Bonchev–Trinajstić information content (AvgIpc) is 1.59. The number of amides is 2. The monoisotopic (exact) mass is 170 g/mol. The van der Waals surface area contributed by atoms with Gasteiger partial charge in [0.2, 0.25) is 0 Å². The van der Waals surface area contributed by atoms with Crippen LogP contribution < -0.4 is 5.73 Å². The van der Waals surface area contributed by atoms with E-state index < -0.39 is 15.2 Å². The van der Waals surface area contributed by atoms with Gasteiger partial charge in [-0.2, -0.15) is 8.42 Å². The summed E-state index contributed by atoms with van der Waals surface area (Å²) in [6.07, 6.45) is 0. The molecule has 0 aromatic heterocycles. The van der Waals surface area contributed by atoms with E-state index in [1.807, 2.05) is 0 Å². The molecule has 1 rings (SSSR count). The molecule has 2 amide bonds. The van der Waals surface area contributed by atoms with Crippen molar-refractivity contribution in [3.8, 4) is 0 Å². The highest BCUT2D eigenvalue weighted by molar-refractivity contribution is 8.71. The number of hydrogen-bond donors (Lipinski definition) is 1. The van der Waals surface area contributed by atoms with Crippen molar-refractivity contribution in [3.63, 3.8) is 0 Å². The molecule has 0 bridgehead atoms. The summed E-state index contributed by atoms with van der Waals surface area (Å²) >= 11 is 0. The molecule has 0 radical (unpaired) electrons. The van der Waals surface area contributed by atoms with E-state index in [-0.39, 0.29) is 11.0 Å². The third-order valence-corrected chi connectivity index (χ3v) is 2.63. The molecule has 0 unspecified atom stereocenters. The van der Waals surface area contributed by atoms with Crippen LogP contribution in [0.15, 0.2) is 0 Å². The van der Waals surface area contributed by atoms with E-state index in [0.29, 0.717) is 4.47 Å². The zero-order chi connectivity index (χ0) is 7.07. The van der Waals surface area contributed by atoms with Crippen molar-refractivity contribution in [1.29, 1.82) is 0 Å². The van der Waals surface area contributed by atoms with Crippen LogP contribution in [0, 0.1) is 0 Å². The lowest BCUT2D eigenvalue weighted by Crippen LogP contribution is -2.40. The van der Waals surface area contributed by atoms with Crippen molar-refractivity contribution >= 4 is 26.2 Å². The number of nitrogens with zero attached hydrogens (tertiary/aromatic N) is 1. The van der Waals surface area contributed by atoms with Gasteiger partial charge in [-0.3, -0.25) is 0 Å². The third-order valence-electron chi connectivity index (χ3n) is 0.498. The summed E-state index contributed by atoms with van der Waals surface area (Å²) in [5.74, 6) is 0. The Labute approximate surface area is 54.6 Å². The Morgan fingerprint density at radius 1 is 1.67 bits per heavy atom. The van der Waals surface area contributed by atoms with E-state index in [2.05, 4.69) is 10.0 Å². The number of nitrogens with two attached hydrogens (primary N) is 1. The van der Waals surface area contributed by atoms with Gasteiger partial charge in [0.25, 0.3) is 0 Å². The van der Waals surface area contributed by atoms with Crippen molar-refractivity contribution in [2.24, 2.45) is 5.73 Å². The van der Waals surface area contributed by atoms with Gasteiger partial charge in [0.15, 0.2) is 0 Å². The quantitative estimate of drug-likeness (QED) is 0.380. The molecule has 0 atom stereocenters. The second-order valence-corrected chi connectivity index (χ2v) is 4.27. The average molecular weight is 170 g/mol. The predicted octanol–water partition coefficient (Wildman–Crippen LogP) is -0.795. The van der Waals surface area contributed by atoms with Crippen molar-refractivity contribution < 1.29 is 17.5 Å². The van der Waals surface area contributed by atoms with Gasteiger partial charge in [-0.25, -0.2) is 4.79 Å². The summed E-state index contributed by atoms with van der Waals surface area (Å²) in [4.78, 5) is 10.0. The van der Waals surface area contributed by atoms with E-state index in [9.17, 15) is 13.2 Å². The molecule has 0 saturated carbocycles. The lowest BCUT2D eigenvalue weighted by molar-refractivity contribution is 0.0834. The minimum atomic E-state index is -3.53. The molecule has 0 spiro atoms. The highest BCUT2D eigenvalue weighted by Gasteiger charge is 2.38. The molecular weight excluding hydrogens is 168 g/mol. The highest BCUT2D eigenvalue weighted by Crippen LogP contribution is 2.32. The lowest BCUT2D eigenvalue weighted by Gasteiger charge is -2.22. The van der Waals surface area contributed by atoms with E-state index in [1.165, 1.54) is 0 Å². The SMILES string of the molecule is NC(=O)N1OS(=O)(=O)S1. The first kappa shape index (κ1) is 6.65. The molecule has 0 aromatic rings. The van der Waals surface area contributed by atoms with Crippen LogP contribution in [-0.4, -0.2) is 18.9 Å². The smallest absolute Gasteiger partial charge is 0.349 e. The second-order valence-electron chi connectivity index (χ2n) is 1.15. The van der Waals surface area contributed by atoms with Gasteiger partial charge in [0, 0.05) is 0 Å². The second kappa shape index (κ2) is 1.75. The van der Waals surface area contributed by atoms with Crippen molar-refractivity contribution in [1.82, 2.24) is 4.47 Å². The predicted molar refractivity (Wildman–Crippen MR) is 29.0 cm³/mol. The fraction of sp³-hybridized carbons (Fsp3) is 0. The molecular formula is CH2N2O4S2. The molecule has 52 valence electrons. The normalized spacial score (nSPS) is 22.9. The van der Waals surface area contributed by atoms with Gasteiger partial charge in [-0.15, -0.1) is 8.75 Å². The standard InChI is InChI=1S/CH2N2O4S2/c2-1(4)3-7-9(5,6)8-3/h(H2,2,4). The van der Waals surface area contributed by atoms with Crippen LogP contribution in [0.2, 0.25) is 0 Å². The van der Waals surface area contributed by atoms with Crippen LogP contribution >= 0.6 is 11.0 Å². The Bertz CT molecular complexity index is 219. The zero-order valence-electron chi connectivity index (χ0n) is 3.97. The van der Waals surface area contributed by atoms with E-state index in [1.54, 1.807) is 0 Å². The first-order valence-corrected chi connectivity index (χ1v) is 4.45. The van der Waals surface area contributed by atoms with Crippen LogP contribution in [0.3, 0.4) is 0 Å². The maximum absolute atomic E-state index is 10.1. The first-order valence-electron chi connectivity index (χ1n) is 1.75. The molecule has 1 aliphatic heterocycles. The molecule has 2 N–H and O–H groups in total. The van der Waals surface area contributed by atoms with E-state index in [4.69, 9.17) is 0 Å². The number of carbonyl (C=O) groups is 1. The van der Waals surface area contributed by atoms with E-state index in [0.717, 1.165) is 0 Å². The Kier molecular flexibility index (Phi) is 1.30. The summed E-state index contributed by atoms with van der Waals surface area (Å²) in [5.41, 5.74) is 4.60. The van der Waals surface area contributed by atoms with Gasteiger partial charge >= 0.3 is 15.2 Å². The molecule has 0 aliphatic carbocycles. The Morgan fingerprint density at radius 2 is 2.11 bits per heavy atom. The number of hydroxylamine groups is 1. The Morgan fingerprint density at radius 3 is 2.22 bits per heavy atom. The fourth-order valence-electron chi connectivity index (χ4n) is 0.245. The number of primary amides is 1. The molecule has 1 heterocycles. The van der Waals surface area contributed by atoms with Gasteiger partial charge in [0.1, 0.15) is 11.0 Å². The van der Waals surface area contributed by atoms with Crippen LogP contribution in [-0.2, 0) is 13.4 Å². The van der Waals surface area contributed by atoms with Gasteiger partial charge in [0.05, 0.1) is 0 Å². The number of hydrogen-bond acceptors (Lipinski definition) is 5. The fourth-order valence-corrected chi connectivity index (χ4v) is 1.80. The molecule has 8 heteroatoms. The number of rotatable bonds is 0. The van der Waals surface area contributed by atoms with Crippen LogP contribution in [0.4, 0.5) is 4.79 Å². The molecule has 1 aliphatic rings. The molecule has 1 saturated heterocycles. The summed E-state index contributed by atoms with van der Waals surface area (Å²) < 4.78 is 24.5. The topological polar surface area (TPSA) is 89.7 Å². The van der Waals surface area contributed by atoms with Gasteiger partial charge < -0.3 is 5.73 Å². The molecule has 9 heavy (non-hydrogen) atoms. The van der Waals surface area contributed by atoms with Crippen LogP contribution in [0.25, 0.3) is 0 Å². The minimum absolute atomic E-state index is 0.248. The van der Waals surface area contributed by atoms with Crippen molar-refractivity contribution in [2.75, 3.05) is 0 Å². The Balaban J connectivity index is 2.55. The molecule has 1 fully saturated rings. The van der Waals surface area contributed by atoms with Gasteiger partial charge in [-0.1, -0.05) is 0 Å². The number of urea groups is 1. The lowest BCUT2D eigenvalue weighted by atomic mass is 11.2. The maximum atomic E-state index is 10.1. The molecule has 0 aromatic carbocycles. The van der Waals surface area contributed by atoms with Crippen LogP contribution in [0.1, 0.15) is 0 Å². The molecule has 6 nitrogen and oxygen atoms in total.